The van der Waals surface area contributed by atoms with E-state index in [2.05, 4.69) is 38.4 Å². The topological polar surface area (TPSA) is 74.1 Å². The van der Waals surface area contributed by atoms with Crippen LogP contribution in [0, 0.1) is 24.6 Å². The molecule has 2 bridgehead atoms. The largest absolute Gasteiger partial charge is 0.366 e. The SMILES string of the molecule is C=N/C=C(/C#CC(=O)N1c2nc(-c3cnc(C)c(F)c3)ccc2N2CCC1C2)N=CC. The van der Waals surface area contributed by atoms with Gasteiger partial charge in [0.25, 0.3) is 0 Å². The van der Waals surface area contributed by atoms with Crippen LogP contribution in [0.15, 0.2) is 46.3 Å². The molecular weight excluding hydrogens is 395 g/mol. The summed E-state index contributed by atoms with van der Waals surface area (Å²) in [6.07, 6.45) is 5.38. The molecule has 2 aliphatic rings. The molecule has 4 rings (SSSR count). The van der Waals surface area contributed by atoms with Gasteiger partial charge < -0.3 is 4.90 Å². The zero-order valence-electron chi connectivity index (χ0n) is 17.3. The van der Waals surface area contributed by atoms with Crippen LogP contribution in [0.2, 0.25) is 0 Å². The van der Waals surface area contributed by atoms with Crippen molar-refractivity contribution < 1.29 is 9.18 Å². The fraction of sp³-hybridized carbons (Fsp3) is 0.261. The molecule has 1 atom stereocenters. The third-order valence-corrected chi connectivity index (χ3v) is 5.27. The summed E-state index contributed by atoms with van der Waals surface area (Å²) in [6, 6.07) is 5.12. The van der Waals surface area contributed by atoms with Crippen LogP contribution in [0.3, 0.4) is 0 Å². The van der Waals surface area contributed by atoms with Crippen LogP contribution in [-0.4, -0.2) is 47.9 Å². The molecule has 0 saturated carbocycles. The van der Waals surface area contributed by atoms with Gasteiger partial charge in [0.1, 0.15) is 11.5 Å². The molecule has 1 amide bonds. The minimum Gasteiger partial charge on any atom is -0.366 e. The molecule has 8 heteroatoms. The molecule has 0 radical (unpaired) electrons. The van der Waals surface area contributed by atoms with Crippen LogP contribution in [0.5, 0.6) is 0 Å². The Balaban J connectivity index is 1.74. The lowest BCUT2D eigenvalue weighted by Crippen LogP contribution is -2.46. The second-order valence-corrected chi connectivity index (χ2v) is 7.23. The van der Waals surface area contributed by atoms with Crippen LogP contribution in [0.1, 0.15) is 19.0 Å². The van der Waals surface area contributed by atoms with Crippen molar-refractivity contribution in [2.45, 2.75) is 26.3 Å². The first-order valence-corrected chi connectivity index (χ1v) is 9.90. The van der Waals surface area contributed by atoms with Gasteiger partial charge in [-0.1, -0.05) is 0 Å². The molecule has 0 aromatic carbocycles. The quantitative estimate of drug-likeness (QED) is 0.569. The molecule has 1 unspecified atom stereocenters. The molecule has 0 spiro atoms. The Kier molecular flexibility index (Phi) is 5.58. The third-order valence-electron chi connectivity index (χ3n) is 5.27. The number of aliphatic imine (C=N–C) groups is 2. The van der Waals surface area contributed by atoms with Crippen LogP contribution >= 0.6 is 0 Å². The van der Waals surface area contributed by atoms with E-state index in [1.54, 1.807) is 31.2 Å². The minimum atomic E-state index is -0.397. The number of aryl methyl sites for hydroxylation is 1. The molecule has 0 N–H and O–H groups in total. The predicted molar refractivity (Wildman–Crippen MR) is 120 cm³/mol. The summed E-state index contributed by atoms with van der Waals surface area (Å²) in [5, 5.41) is 0. The van der Waals surface area contributed by atoms with E-state index in [0.29, 0.717) is 28.5 Å². The average molecular weight is 416 g/mol. The number of halogens is 1. The van der Waals surface area contributed by atoms with Crippen molar-refractivity contribution in [1.82, 2.24) is 9.97 Å². The van der Waals surface area contributed by atoms with Gasteiger partial charge in [0.05, 0.1) is 29.3 Å². The van der Waals surface area contributed by atoms with Crippen molar-refractivity contribution in [2.24, 2.45) is 9.98 Å². The van der Waals surface area contributed by atoms with Crippen molar-refractivity contribution in [3.8, 4) is 23.1 Å². The molecule has 2 aliphatic heterocycles. The number of amides is 1. The molecular formula is C23H21FN6O. The van der Waals surface area contributed by atoms with E-state index in [1.807, 2.05) is 12.1 Å². The summed E-state index contributed by atoms with van der Waals surface area (Å²) in [4.78, 5) is 33.5. The Bertz CT molecular complexity index is 1180. The number of aromatic nitrogens is 2. The first-order valence-electron chi connectivity index (χ1n) is 9.90. The Morgan fingerprint density at radius 3 is 2.97 bits per heavy atom. The predicted octanol–water partition coefficient (Wildman–Crippen LogP) is 3.15. The van der Waals surface area contributed by atoms with E-state index >= 15 is 0 Å². The number of carbonyl (C=O) groups excluding carboxylic acids is 1. The van der Waals surface area contributed by atoms with Crippen LogP contribution in [0.25, 0.3) is 11.3 Å². The Labute approximate surface area is 180 Å². The number of anilines is 2. The highest BCUT2D eigenvalue weighted by Crippen LogP contribution is 2.40. The second-order valence-electron chi connectivity index (χ2n) is 7.23. The lowest BCUT2D eigenvalue weighted by Gasteiger charge is -2.34. The molecule has 7 nitrogen and oxygen atoms in total. The first kappa shape index (κ1) is 20.4. The third kappa shape index (κ3) is 3.94. The number of hydrogen-bond donors (Lipinski definition) is 0. The maximum Gasteiger partial charge on any atom is 0.304 e. The number of rotatable bonds is 3. The molecule has 1 saturated heterocycles. The highest BCUT2D eigenvalue weighted by atomic mass is 19.1. The first-order chi connectivity index (χ1) is 15.0. The van der Waals surface area contributed by atoms with Crippen molar-refractivity contribution >= 4 is 30.3 Å². The lowest BCUT2D eigenvalue weighted by atomic mass is 10.1. The second kappa shape index (κ2) is 8.48. The van der Waals surface area contributed by atoms with Gasteiger partial charge in [0.15, 0.2) is 5.82 Å². The summed E-state index contributed by atoms with van der Waals surface area (Å²) < 4.78 is 14.0. The summed E-state index contributed by atoms with van der Waals surface area (Å²) in [5.74, 6) is 5.17. The van der Waals surface area contributed by atoms with Crippen LogP contribution in [0.4, 0.5) is 15.9 Å². The standard InChI is InChI=1S/C23H21FN6O/c1-4-26-17(13-25-3)5-8-22(31)30-18-9-10-29(14-18)21-7-6-20(28-23(21)30)16-11-19(24)15(2)27-12-16/h4,6-7,11-13,18H,3,9-10,14H2,1-2H3/b17-13-,26-4?. The molecule has 31 heavy (non-hydrogen) atoms. The van der Waals surface area contributed by atoms with Gasteiger partial charge in [0.2, 0.25) is 0 Å². The zero-order valence-corrected chi connectivity index (χ0v) is 17.3. The Hall–Kier alpha value is -3.86. The van der Waals surface area contributed by atoms with E-state index in [9.17, 15) is 9.18 Å². The van der Waals surface area contributed by atoms with Crippen molar-refractivity contribution in [1.29, 1.82) is 0 Å². The number of nitrogens with zero attached hydrogens (tertiary/aromatic N) is 6. The summed E-state index contributed by atoms with van der Waals surface area (Å²) in [6.45, 7) is 8.32. The lowest BCUT2D eigenvalue weighted by molar-refractivity contribution is -0.113. The molecule has 4 heterocycles. The van der Waals surface area contributed by atoms with Crippen LogP contribution in [-0.2, 0) is 4.79 Å². The summed E-state index contributed by atoms with van der Waals surface area (Å²) >= 11 is 0. The van der Waals surface area contributed by atoms with Crippen molar-refractivity contribution in [3.63, 3.8) is 0 Å². The smallest absolute Gasteiger partial charge is 0.304 e. The fourth-order valence-electron chi connectivity index (χ4n) is 3.78. The van der Waals surface area contributed by atoms with E-state index in [0.717, 1.165) is 25.2 Å². The monoisotopic (exact) mass is 416 g/mol. The van der Waals surface area contributed by atoms with Gasteiger partial charge in [-0.2, -0.15) is 0 Å². The van der Waals surface area contributed by atoms with Gasteiger partial charge in [-0.05, 0) is 51.1 Å². The number of fused-ring (bicyclic) bond motifs is 4. The summed E-state index contributed by atoms with van der Waals surface area (Å²) in [5.41, 5.74) is 2.63. The summed E-state index contributed by atoms with van der Waals surface area (Å²) in [7, 11) is 0. The highest BCUT2D eigenvalue weighted by Gasteiger charge is 2.39. The highest BCUT2D eigenvalue weighted by molar-refractivity contribution is 6.08. The van der Waals surface area contributed by atoms with Gasteiger partial charge >= 0.3 is 5.91 Å². The van der Waals surface area contributed by atoms with Crippen molar-refractivity contribution in [2.75, 3.05) is 22.9 Å². The van der Waals surface area contributed by atoms with Gasteiger partial charge in [-0.25, -0.2) is 9.37 Å². The molecule has 2 aromatic rings. The molecule has 0 aliphatic carbocycles. The fourth-order valence-corrected chi connectivity index (χ4v) is 3.78. The number of pyridine rings is 2. The number of carbonyl (C=O) groups is 1. The molecule has 156 valence electrons. The van der Waals surface area contributed by atoms with E-state index in [1.165, 1.54) is 12.3 Å². The van der Waals surface area contributed by atoms with Crippen molar-refractivity contribution in [3.05, 3.63) is 47.8 Å². The Morgan fingerprint density at radius 2 is 2.23 bits per heavy atom. The van der Waals surface area contributed by atoms with Gasteiger partial charge in [-0.3, -0.25) is 24.7 Å². The Morgan fingerprint density at radius 1 is 1.39 bits per heavy atom. The van der Waals surface area contributed by atoms with E-state index in [-0.39, 0.29) is 11.9 Å². The molecule has 1 fully saturated rings. The molecule has 2 aromatic heterocycles. The van der Waals surface area contributed by atoms with Gasteiger partial charge in [0, 0.05) is 37.0 Å². The van der Waals surface area contributed by atoms with E-state index in [4.69, 9.17) is 4.98 Å². The maximum absolute atomic E-state index is 14.0. The maximum atomic E-state index is 14.0. The average Bonchev–Trinajstić information content (AvgIpc) is 3.18. The zero-order chi connectivity index (χ0) is 22.0. The van der Waals surface area contributed by atoms with Gasteiger partial charge in [-0.15, -0.1) is 0 Å². The number of allylic oxidation sites excluding steroid dienone is 1. The normalized spacial score (nSPS) is 17.4. The minimum absolute atomic E-state index is 0.0236. The number of hydrogen-bond acceptors (Lipinski definition) is 6. The van der Waals surface area contributed by atoms with E-state index < -0.39 is 5.82 Å². The van der Waals surface area contributed by atoms with Crippen LogP contribution < -0.4 is 9.80 Å².